The molecule has 2 atom stereocenters. The summed E-state index contributed by atoms with van der Waals surface area (Å²) in [5.74, 6) is 0.607. The summed E-state index contributed by atoms with van der Waals surface area (Å²) in [6.07, 6.45) is -1.91. The first-order valence-corrected chi connectivity index (χ1v) is 8.14. The van der Waals surface area contributed by atoms with E-state index in [1.807, 2.05) is 13.2 Å². The molecular formula is C15H22F3NOS. The topological polar surface area (TPSA) is 32.3 Å². The van der Waals surface area contributed by atoms with Crippen LogP contribution in [0, 0.1) is 0 Å². The van der Waals surface area contributed by atoms with E-state index in [0.717, 1.165) is 6.07 Å². The fourth-order valence-corrected chi connectivity index (χ4v) is 2.78. The van der Waals surface area contributed by atoms with Crippen LogP contribution < -0.4 is 5.32 Å². The van der Waals surface area contributed by atoms with Gasteiger partial charge in [0.05, 0.1) is 11.2 Å². The molecule has 0 spiro atoms. The largest absolute Gasteiger partial charge is 0.416 e. The van der Waals surface area contributed by atoms with Crippen molar-refractivity contribution in [2.75, 3.05) is 18.6 Å². The zero-order chi connectivity index (χ0) is 16.1. The number of rotatable bonds is 7. The van der Waals surface area contributed by atoms with Gasteiger partial charge in [-0.2, -0.15) is 24.9 Å². The van der Waals surface area contributed by atoms with Crippen molar-refractivity contribution in [1.82, 2.24) is 5.32 Å². The smallest absolute Gasteiger partial charge is 0.388 e. The number of halogens is 3. The van der Waals surface area contributed by atoms with Gasteiger partial charge < -0.3 is 10.4 Å². The third-order valence-electron chi connectivity index (χ3n) is 3.08. The molecule has 21 heavy (non-hydrogen) atoms. The standard InChI is InChI=1S/C15H22F3NOS/c1-11(19-9-14(2,20)10-21-3)7-12-5-4-6-13(8-12)15(16,17)18/h4-6,8,11,19-20H,7,9-10H2,1-3H3/t11-,14+/m1/s1. The van der Waals surface area contributed by atoms with Gasteiger partial charge in [0, 0.05) is 18.3 Å². The quantitative estimate of drug-likeness (QED) is 0.808. The molecule has 1 aromatic rings. The van der Waals surface area contributed by atoms with Crippen LogP contribution >= 0.6 is 11.8 Å². The van der Waals surface area contributed by atoms with Gasteiger partial charge in [-0.3, -0.25) is 0 Å². The summed E-state index contributed by atoms with van der Waals surface area (Å²) < 4.78 is 37.9. The van der Waals surface area contributed by atoms with Gasteiger partial charge in [-0.05, 0) is 38.2 Å². The van der Waals surface area contributed by atoms with Crippen molar-refractivity contribution in [3.05, 3.63) is 35.4 Å². The molecule has 0 amide bonds. The average Bonchev–Trinajstić information content (AvgIpc) is 2.36. The lowest BCUT2D eigenvalue weighted by molar-refractivity contribution is -0.137. The van der Waals surface area contributed by atoms with E-state index in [9.17, 15) is 18.3 Å². The molecule has 120 valence electrons. The molecule has 2 nitrogen and oxygen atoms in total. The summed E-state index contributed by atoms with van der Waals surface area (Å²) in [5, 5.41) is 13.2. The molecule has 0 saturated heterocycles. The van der Waals surface area contributed by atoms with Crippen LogP contribution in [-0.2, 0) is 12.6 Å². The molecule has 1 aromatic carbocycles. The molecular weight excluding hydrogens is 299 g/mol. The Morgan fingerprint density at radius 3 is 2.57 bits per heavy atom. The summed E-state index contributed by atoms with van der Waals surface area (Å²) >= 11 is 1.55. The maximum Gasteiger partial charge on any atom is 0.416 e. The fourth-order valence-electron chi connectivity index (χ4n) is 2.06. The van der Waals surface area contributed by atoms with E-state index in [1.165, 1.54) is 12.1 Å². The Morgan fingerprint density at radius 2 is 2.00 bits per heavy atom. The van der Waals surface area contributed by atoms with Gasteiger partial charge in [-0.25, -0.2) is 0 Å². The Morgan fingerprint density at radius 1 is 1.33 bits per heavy atom. The second-order valence-corrected chi connectivity index (χ2v) is 6.48. The van der Waals surface area contributed by atoms with Crippen LogP contribution in [-0.4, -0.2) is 35.3 Å². The molecule has 0 bridgehead atoms. The highest BCUT2D eigenvalue weighted by Gasteiger charge is 2.30. The van der Waals surface area contributed by atoms with Crippen LogP contribution in [0.4, 0.5) is 13.2 Å². The highest BCUT2D eigenvalue weighted by Crippen LogP contribution is 2.29. The van der Waals surface area contributed by atoms with Gasteiger partial charge in [0.15, 0.2) is 0 Å². The lowest BCUT2D eigenvalue weighted by Gasteiger charge is -2.25. The number of hydrogen-bond donors (Lipinski definition) is 2. The van der Waals surface area contributed by atoms with Gasteiger partial charge in [-0.1, -0.05) is 18.2 Å². The van der Waals surface area contributed by atoms with Crippen LogP contribution in [0.5, 0.6) is 0 Å². The molecule has 0 radical (unpaired) electrons. The predicted molar refractivity (Wildman–Crippen MR) is 81.6 cm³/mol. The van der Waals surface area contributed by atoms with Crippen molar-refractivity contribution >= 4 is 11.8 Å². The van der Waals surface area contributed by atoms with Crippen LogP contribution in [0.15, 0.2) is 24.3 Å². The first-order chi connectivity index (χ1) is 9.64. The Hall–Kier alpha value is -0.720. The highest BCUT2D eigenvalue weighted by atomic mass is 32.2. The molecule has 0 aromatic heterocycles. The zero-order valence-electron chi connectivity index (χ0n) is 12.5. The van der Waals surface area contributed by atoms with E-state index in [-0.39, 0.29) is 6.04 Å². The molecule has 6 heteroatoms. The number of benzene rings is 1. The number of hydrogen-bond acceptors (Lipinski definition) is 3. The zero-order valence-corrected chi connectivity index (χ0v) is 13.3. The van der Waals surface area contributed by atoms with Crippen molar-refractivity contribution in [3.8, 4) is 0 Å². The first kappa shape index (κ1) is 18.3. The molecule has 0 aliphatic carbocycles. The summed E-state index contributed by atoms with van der Waals surface area (Å²) in [6, 6.07) is 5.35. The van der Waals surface area contributed by atoms with Gasteiger partial charge in [0.1, 0.15) is 0 Å². The lowest BCUT2D eigenvalue weighted by Crippen LogP contribution is -2.43. The Labute approximate surface area is 128 Å². The fraction of sp³-hybridized carbons (Fsp3) is 0.600. The van der Waals surface area contributed by atoms with E-state index in [2.05, 4.69) is 5.32 Å². The summed E-state index contributed by atoms with van der Waals surface area (Å²) in [7, 11) is 0. The van der Waals surface area contributed by atoms with Crippen molar-refractivity contribution in [2.45, 2.75) is 38.1 Å². The van der Waals surface area contributed by atoms with E-state index >= 15 is 0 Å². The molecule has 1 rings (SSSR count). The van der Waals surface area contributed by atoms with Crippen LogP contribution in [0.1, 0.15) is 25.0 Å². The van der Waals surface area contributed by atoms with Crippen molar-refractivity contribution in [2.24, 2.45) is 0 Å². The molecule has 0 aliphatic heterocycles. The van der Waals surface area contributed by atoms with Gasteiger partial charge >= 0.3 is 6.18 Å². The Kier molecular flexibility index (Phi) is 6.56. The Bertz CT molecular complexity index is 449. The molecule has 2 N–H and O–H groups in total. The molecule has 0 heterocycles. The minimum atomic E-state index is -4.31. The van der Waals surface area contributed by atoms with Crippen LogP contribution in [0.3, 0.4) is 0 Å². The van der Waals surface area contributed by atoms with Crippen molar-refractivity contribution in [1.29, 1.82) is 0 Å². The van der Waals surface area contributed by atoms with Crippen molar-refractivity contribution in [3.63, 3.8) is 0 Å². The highest BCUT2D eigenvalue weighted by molar-refractivity contribution is 7.98. The number of nitrogens with one attached hydrogen (secondary N) is 1. The summed E-state index contributed by atoms with van der Waals surface area (Å²) in [6.45, 7) is 4.05. The SMILES string of the molecule is CSC[C@@](C)(O)CN[C@H](C)Cc1cccc(C(F)(F)F)c1. The summed E-state index contributed by atoms with van der Waals surface area (Å²) in [5.41, 5.74) is -0.808. The predicted octanol–water partition coefficient (Wildman–Crippen LogP) is 3.34. The van der Waals surface area contributed by atoms with Crippen molar-refractivity contribution < 1.29 is 18.3 Å². The van der Waals surface area contributed by atoms with Gasteiger partial charge in [0.25, 0.3) is 0 Å². The number of alkyl halides is 3. The lowest BCUT2D eigenvalue weighted by atomic mass is 10.0. The van der Waals surface area contributed by atoms with Crippen LogP contribution in [0.25, 0.3) is 0 Å². The molecule has 0 unspecified atom stereocenters. The van der Waals surface area contributed by atoms with Gasteiger partial charge in [0.2, 0.25) is 0 Å². The maximum absolute atomic E-state index is 12.6. The molecule has 0 fully saturated rings. The first-order valence-electron chi connectivity index (χ1n) is 6.75. The average molecular weight is 321 g/mol. The molecule has 0 saturated carbocycles. The minimum Gasteiger partial charge on any atom is -0.388 e. The van der Waals surface area contributed by atoms with E-state index in [4.69, 9.17) is 0 Å². The normalized spacial score (nSPS) is 16.5. The second-order valence-electron chi connectivity index (χ2n) is 5.61. The van der Waals surface area contributed by atoms with E-state index in [1.54, 1.807) is 24.8 Å². The second kappa shape index (κ2) is 7.51. The van der Waals surface area contributed by atoms with E-state index in [0.29, 0.717) is 24.3 Å². The third-order valence-corrected chi connectivity index (χ3v) is 3.99. The maximum atomic E-state index is 12.6. The van der Waals surface area contributed by atoms with Crippen LogP contribution in [0.2, 0.25) is 0 Å². The summed E-state index contributed by atoms with van der Waals surface area (Å²) in [4.78, 5) is 0. The monoisotopic (exact) mass is 321 g/mol. The molecule has 0 aliphatic rings. The third kappa shape index (κ3) is 6.72. The van der Waals surface area contributed by atoms with Gasteiger partial charge in [-0.15, -0.1) is 0 Å². The van der Waals surface area contributed by atoms with E-state index < -0.39 is 17.3 Å². The minimum absolute atomic E-state index is 0.0122. The Balaban J connectivity index is 2.57. The number of thioether (sulfide) groups is 1. The number of aliphatic hydroxyl groups is 1.